The Hall–Kier alpha value is -1.85. The third kappa shape index (κ3) is 4.19. The smallest absolute Gasteiger partial charge is 0.353 e. The van der Waals surface area contributed by atoms with Crippen LogP contribution in [0.15, 0.2) is 47.2 Å². The van der Waals surface area contributed by atoms with E-state index in [9.17, 15) is 9.59 Å². The summed E-state index contributed by atoms with van der Waals surface area (Å²) in [7, 11) is 0. The minimum Gasteiger partial charge on any atom is -0.457 e. The quantitative estimate of drug-likeness (QED) is 0.533. The Morgan fingerprint density at radius 2 is 2.04 bits per heavy atom. The molecule has 27 heavy (non-hydrogen) atoms. The summed E-state index contributed by atoms with van der Waals surface area (Å²) in [6.07, 6.45) is 0.490. The van der Waals surface area contributed by atoms with Crippen LogP contribution in [-0.4, -0.2) is 28.5 Å². The molecule has 1 saturated heterocycles. The van der Waals surface area contributed by atoms with Crippen LogP contribution in [0, 0.1) is 0 Å². The maximum atomic E-state index is 13.3. The molecule has 2 aromatic rings. The monoisotopic (exact) mass is 406 g/mol. The first-order chi connectivity index (χ1) is 12.7. The molecule has 0 radical (unpaired) electrons. The van der Waals surface area contributed by atoms with Crippen molar-refractivity contribution in [2.45, 2.75) is 56.1 Å². The summed E-state index contributed by atoms with van der Waals surface area (Å²) >= 11 is 8.31. The van der Waals surface area contributed by atoms with Crippen LogP contribution in [0.1, 0.15) is 44.2 Å². The van der Waals surface area contributed by atoms with Crippen molar-refractivity contribution in [2.24, 2.45) is 0 Å². The van der Waals surface area contributed by atoms with Crippen LogP contribution in [0.5, 0.6) is 0 Å². The van der Waals surface area contributed by atoms with Gasteiger partial charge in [0.25, 0.3) is 0 Å². The molecule has 0 bridgehead atoms. The number of thiophene rings is 1. The summed E-state index contributed by atoms with van der Waals surface area (Å²) in [6.45, 7) is 5.36. The van der Waals surface area contributed by atoms with Gasteiger partial charge >= 0.3 is 11.9 Å². The zero-order valence-electron chi connectivity index (χ0n) is 15.6. The minimum absolute atomic E-state index is 0.105. The predicted molar refractivity (Wildman–Crippen MR) is 106 cm³/mol. The highest BCUT2D eigenvalue weighted by Crippen LogP contribution is 2.47. The standard InChI is InChI=1S/C21H23ClO4S/c1-20(2,3)26-19(24)21(17(22)11-14-7-5-4-6-8-14)16(12-18(23)25-21)15-9-10-27-13-15/h4-10,13,16-17H,11-12H2,1-3H3/t16-,17+,21-/m0/s1. The fourth-order valence-electron chi connectivity index (χ4n) is 3.38. The molecule has 0 saturated carbocycles. The molecule has 0 amide bonds. The molecular weight excluding hydrogens is 384 g/mol. The molecule has 0 unspecified atom stereocenters. The van der Waals surface area contributed by atoms with Gasteiger partial charge in [0.15, 0.2) is 0 Å². The van der Waals surface area contributed by atoms with Crippen molar-refractivity contribution in [3.8, 4) is 0 Å². The van der Waals surface area contributed by atoms with Crippen LogP contribution in [0.4, 0.5) is 0 Å². The van der Waals surface area contributed by atoms with E-state index in [0.717, 1.165) is 11.1 Å². The Kier molecular flexibility index (Phi) is 5.63. The second-order valence-electron chi connectivity index (χ2n) is 7.74. The lowest BCUT2D eigenvalue weighted by Crippen LogP contribution is -2.54. The Labute approximate surface area is 168 Å². The van der Waals surface area contributed by atoms with Gasteiger partial charge in [0.1, 0.15) is 5.60 Å². The minimum atomic E-state index is -1.55. The summed E-state index contributed by atoms with van der Waals surface area (Å²) in [5.74, 6) is -1.50. The molecule has 0 aliphatic carbocycles. The van der Waals surface area contributed by atoms with Gasteiger partial charge in [-0.2, -0.15) is 11.3 Å². The van der Waals surface area contributed by atoms with Crippen LogP contribution in [-0.2, 0) is 25.5 Å². The Bertz CT molecular complexity index is 797. The average molecular weight is 407 g/mol. The predicted octanol–water partition coefficient (Wildman–Crippen LogP) is 4.71. The van der Waals surface area contributed by atoms with Gasteiger partial charge in [-0.1, -0.05) is 30.3 Å². The van der Waals surface area contributed by atoms with Crippen LogP contribution >= 0.6 is 22.9 Å². The highest BCUT2D eigenvalue weighted by atomic mass is 35.5. The lowest BCUT2D eigenvalue weighted by molar-refractivity contribution is -0.184. The lowest BCUT2D eigenvalue weighted by Gasteiger charge is -2.37. The van der Waals surface area contributed by atoms with E-state index < -0.39 is 34.4 Å². The first-order valence-electron chi connectivity index (χ1n) is 8.88. The number of rotatable bonds is 5. The normalized spacial score (nSPS) is 23.7. The van der Waals surface area contributed by atoms with E-state index in [2.05, 4.69) is 0 Å². The molecular formula is C21H23ClO4S. The summed E-state index contributed by atoms with van der Waals surface area (Å²) in [4.78, 5) is 25.6. The van der Waals surface area contributed by atoms with E-state index in [4.69, 9.17) is 21.1 Å². The number of alkyl halides is 1. The number of ether oxygens (including phenoxy) is 2. The van der Waals surface area contributed by atoms with Crippen molar-refractivity contribution >= 4 is 34.9 Å². The van der Waals surface area contributed by atoms with Gasteiger partial charge in [-0.25, -0.2) is 4.79 Å². The maximum absolute atomic E-state index is 13.3. The third-order valence-electron chi connectivity index (χ3n) is 4.56. The summed E-state index contributed by atoms with van der Waals surface area (Å²) in [6, 6.07) is 11.5. The summed E-state index contributed by atoms with van der Waals surface area (Å²) in [5, 5.41) is 3.09. The number of halogens is 1. The zero-order valence-corrected chi connectivity index (χ0v) is 17.2. The van der Waals surface area contributed by atoms with E-state index in [1.54, 1.807) is 20.8 Å². The number of carbonyl (C=O) groups is 2. The van der Waals surface area contributed by atoms with Crippen LogP contribution < -0.4 is 0 Å². The molecule has 3 atom stereocenters. The number of benzene rings is 1. The highest BCUT2D eigenvalue weighted by Gasteiger charge is 2.61. The molecule has 0 N–H and O–H groups in total. The van der Waals surface area contributed by atoms with Gasteiger partial charge in [0.05, 0.1) is 11.8 Å². The molecule has 6 heteroatoms. The van der Waals surface area contributed by atoms with E-state index in [1.807, 2.05) is 47.2 Å². The van der Waals surface area contributed by atoms with Crippen LogP contribution in [0.3, 0.4) is 0 Å². The number of esters is 2. The highest BCUT2D eigenvalue weighted by molar-refractivity contribution is 7.08. The molecule has 1 aromatic heterocycles. The molecule has 1 aliphatic rings. The van der Waals surface area contributed by atoms with Crippen molar-refractivity contribution in [3.63, 3.8) is 0 Å². The second-order valence-corrected chi connectivity index (χ2v) is 9.05. The third-order valence-corrected chi connectivity index (χ3v) is 5.74. The zero-order chi connectivity index (χ0) is 19.7. The Morgan fingerprint density at radius 1 is 1.33 bits per heavy atom. The molecule has 0 spiro atoms. The maximum Gasteiger partial charge on any atom is 0.353 e. The Balaban J connectivity index is 2.02. The van der Waals surface area contributed by atoms with E-state index in [-0.39, 0.29) is 6.42 Å². The number of cyclic esters (lactones) is 1. The van der Waals surface area contributed by atoms with Gasteiger partial charge < -0.3 is 9.47 Å². The van der Waals surface area contributed by atoms with Crippen molar-refractivity contribution in [1.29, 1.82) is 0 Å². The van der Waals surface area contributed by atoms with Crippen molar-refractivity contribution < 1.29 is 19.1 Å². The van der Waals surface area contributed by atoms with Crippen molar-refractivity contribution in [2.75, 3.05) is 0 Å². The van der Waals surface area contributed by atoms with E-state index in [0.29, 0.717) is 6.42 Å². The molecule has 144 valence electrons. The number of carbonyl (C=O) groups excluding carboxylic acids is 2. The van der Waals surface area contributed by atoms with Crippen LogP contribution in [0.2, 0.25) is 0 Å². The largest absolute Gasteiger partial charge is 0.457 e. The summed E-state index contributed by atoms with van der Waals surface area (Å²) < 4.78 is 11.3. The van der Waals surface area contributed by atoms with Gasteiger partial charge in [0, 0.05) is 5.92 Å². The van der Waals surface area contributed by atoms with Gasteiger partial charge in [-0.3, -0.25) is 4.79 Å². The Morgan fingerprint density at radius 3 is 2.63 bits per heavy atom. The van der Waals surface area contributed by atoms with Gasteiger partial charge in [0.2, 0.25) is 5.60 Å². The van der Waals surface area contributed by atoms with E-state index >= 15 is 0 Å². The fraction of sp³-hybridized carbons (Fsp3) is 0.429. The summed E-state index contributed by atoms with van der Waals surface area (Å²) in [5.41, 5.74) is -0.437. The van der Waals surface area contributed by atoms with Crippen molar-refractivity contribution in [3.05, 3.63) is 58.3 Å². The topological polar surface area (TPSA) is 52.6 Å². The first-order valence-corrected chi connectivity index (χ1v) is 10.3. The molecule has 1 aliphatic heterocycles. The molecule has 4 nitrogen and oxygen atoms in total. The van der Waals surface area contributed by atoms with Gasteiger partial charge in [-0.05, 0) is 55.1 Å². The molecule has 1 fully saturated rings. The van der Waals surface area contributed by atoms with Gasteiger partial charge in [-0.15, -0.1) is 11.6 Å². The van der Waals surface area contributed by atoms with Crippen molar-refractivity contribution in [1.82, 2.24) is 0 Å². The number of hydrogen-bond acceptors (Lipinski definition) is 5. The van der Waals surface area contributed by atoms with E-state index in [1.165, 1.54) is 11.3 Å². The molecule has 1 aromatic carbocycles. The number of hydrogen-bond donors (Lipinski definition) is 0. The fourth-order valence-corrected chi connectivity index (χ4v) is 4.56. The SMILES string of the molecule is CC(C)(C)OC(=O)[C@]1([C@H](Cl)Cc2ccccc2)OC(=O)C[C@H]1c1ccsc1. The first kappa shape index (κ1) is 19.9. The molecule has 2 heterocycles. The second kappa shape index (κ2) is 7.64. The lowest BCUT2D eigenvalue weighted by atomic mass is 9.78. The van der Waals surface area contributed by atoms with Crippen LogP contribution in [0.25, 0.3) is 0 Å². The molecule has 3 rings (SSSR count). The average Bonchev–Trinajstić information content (AvgIpc) is 3.22.